The predicted octanol–water partition coefficient (Wildman–Crippen LogP) is 6.15. The van der Waals surface area contributed by atoms with Crippen molar-refractivity contribution in [2.45, 2.75) is 0 Å². The van der Waals surface area contributed by atoms with E-state index < -0.39 is 0 Å². The number of rotatable bonds is 2. The van der Waals surface area contributed by atoms with Crippen LogP contribution >= 0.6 is 23.2 Å². The van der Waals surface area contributed by atoms with Crippen LogP contribution in [-0.2, 0) is 0 Å². The van der Waals surface area contributed by atoms with Gasteiger partial charge >= 0.3 is 0 Å². The number of halogens is 2. The van der Waals surface area contributed by atoms with E-state index in [0.717, 1.165) is 21.9 Å². The van der Waals surface area contributed by atoms with Gasteiger partial charge in [-0.25, -0.2) is 0 Å². The van der Waals surface area contributed by atoms with E-state index in [1.54, 1.807) is 24.3 Å². The van der Waals surface area contributed by atoms with Crippen LogP contribution in [0.5, 0.6) is 0 Å². The number of hydrogen-bond donors (Lipinski definition) is 1. The Hall–Kier alpha value is -2.49. The molecule has 1 N–H and O–H groups in total. The van der Waals surface area contributed by atoms with Crippen molar-refractivity contribution in [3.63, 3.8) is 0 Å². The number of hydrogen-bond acceptors (Lipinski definition) is 2. The Balaban J connectivity index is 1.69. The van der Waals surface area contributed by atoms with E-state index in [-0.39, 0.29) is 5.91 Å². The van der Waals surface area contributed by atoms with E-state index >= 15 is 0 Å². The smallest absolute Gasteiger partial charge is 0.257 e. The van der Waals surface area contributed by atoms with E-state index in [9.17, 15) is 4.79 Å². The van der Waals surface area contributed by atoms with E-state index in [1.807, 2.05) is 36.4 Å². The zero-order valence-electron chi connectivity index (χ0n) is 12.3. The molecule has 24 heavy (non-hydrogen) atoms. The lowest BCUT2D eigenvalue weighted by molar-refractivity contribution is 0.102. The van der Waals surface area contributed by atoms with E-state index in [0.29, 0.717) is 21.3 Å². The molecular weight excluding hydrogens is 345 g/mol. The third kappa shape index (κ3) is 2.62. The molecule has 3 nitrogen and oxygen atoms in total. The van der Waals surface area contributed by atoms with Crippen molar-refractivity contribution < 1.29 is 9.21 Å². The molecule has 0 bridgehead atoms. The molecule has 3 aromatic carbocycles. The quantitative estimate of drug-likeness (QED) is 0.468. The van der Waals surface area contributed by atoms with Crippen LogP contribution in [0.15, 0.2) is 65.1 Å². The van der Waals surface area contributed by atoms with Crippen LogP contribution in [0.4, 0.5) is 5.69 Å². The average Bonchev–Trinajstić information content (AvgIpc) is 2.92. The number of amides is 1. The molecule has 1 aromatic heterocycles. The first-order chi connectivity index (χ1) is 11.6. The second kappa shape index (κ2) is 5.86. The lowest BCUT2D eigenvalue weighted by Gasteiger charge is -2.07. The summed E-state index contributed by atoms with van der Waals surface area (Å²) in [7, 11) is 0. The SMILES string of the molecule is O=C(Nc1ccc2c(c1)oc1ccccc12)c1ccc(Cl)cc1Cl. The summed E-state index contributed by atoms with van der Waals surface area (Å²) in [5.41, 5.74) is 2.54. The van der Waals surface area contributed by atoms with Gasteiger partial charge in [-0.1, -0.05) is 41.4 Å². The Morgan fingerprint density at radius 2 is 1.67 bits per heavy atom. The number of carbonyl (C=O) groups excluding carboxylic acids is 1. The van der Waals surface area contributed by atoms with E-state index in [4.69, 9.17) is 27.6 Å². The molecule has 0 radical (unpaired) electrons. The summed E-state index contributed by atoms with van der Waals surface area (Å²) < 4.78 is 5.83. The van der Waals surface area contributed by atoms with Gasteiger partial charge in [0.05, 0.1) is 10.6 Å². The van der Waals surface area contributed by atoms with Gasteiger partial charge in [-0.15, -0.1) is 0 Å². The topological polar surface area (TPSA) is 42.2 Å². The highest BCUT2D eigenvalue weighted by Gasteiger charge is 2.12. The first-order valence-corrected chi connectivity index (χ1v) is 8.05. The molecule has 1 heterocycles. The number of benzene rings is 3. The third-order valence-corrected chi connectivity index (χ3v) is 4.36. The molecular formula is C19H11Cl2NO2. The maximum absolute atomic E-state index is 12.4. The van der Waals surface area contributed by atoms with Gasteiger partial charge in [0.1, 0.15) is 11.2 Å². The van der Waals surface area contributed by atoms with Gasteiger partial charge in [-0.05, 0) is 36.4 Å². The van der Waals surface area contributed by atoms with Gasteiger partial charge in [-0.2, -0.15) is 0 Å². The molecule has 0 atom stereocenters. The lowest BCUT2D eigenvalue weighted by Crippen LogP contribution is -2.12. The second-order valence-corrected chi connectivity index (χ2v) is 6.23. The number of carbonyl (C=O) groups is 1. The summed E-state index contributed by atoms with van der Waals surface area (Å²) >= 11 is 11.9. The van der Waals surface area contributed by atoms with Crippen molar-refractivity contribution in [1.82, 2.24) is 0 Å². The summed E-state index contributed by atoms with van der Waals surface area (Å²) in [6.45, 7) is 0. The zero-order chi connectivity index (χ0) is 16.7. The summed E-state index contributed by atoms with van der Waals surface area (Å²) in [5.74, 6) is -0.299. The summed E-state index contributed by atoms with van der Waals surface area (Å²) in [4.78, 5) is 12.4. The summed E-state index contributed by atoms with van der Waals surface area (Å²) in [6, 6.07) is 18.2. The molecule has 0 saturated heterocycles. The molecule has 4 rings (SSSR count). The van der Waals surface area contributed by atoms with E-state index in [2.05, 4.69) is 5.32 Å². The number of nitrogens with one attached hydrogen (secondary N) is 1. The number of para-hydroxylation sites is 1. The first kappa shape index (κ1) is 15.1. The molecule has 4 aromatic rings. The highest BCUT2D eigenvalue weighted by molar-refractivity contribution is 6.37. The molecule has 0 fully saturated rings. The largest absolute Gasteiger partial charge is 0.456 e. The van der Waals surface area contributed by atoms with Crippen molar-refractivity contribution in [1.29, 1.82) is 0 Å². The molecule has 0 spiro atoms. The van der Waals surface area contributed by atoms with Crippen LogP contribution < -0.4 is 5.32 Å². The van der Waals surface area contributed by atoms with Crippen LogP contribution in [0.2, 0.25) is 10.0 Å². The van der Waals surface area contributed by atoms with Crippen molar-refractivity contribution in [2.75, 3.05) is 5.32 Å². The fourth-order valence-corrected chi connectivity index (χ4v) is 3.17. The average molecular weight is 356 g/mol. The molecule has 0 aliphatic rings. The minimum atomic E-state index is -0.299. The Labute approximate surface area is 147 Å². The van der Waals surface area contributed by atoms with Crippen LogP contribution in [0.25, 0.3) is 21.9 Å². The molecule has 1 amide bonds. The fraction of sp³-hybridized carbons (Fsp3) is 0. The monoisotopic (exact) mass is 355 g/mol. The number of furan rings is 1. The van der Waals surface area contributed by atoms with Gasteiger partial charge < -0.3 is 9.73 Å². The first-order valence-electron chi connectivity index (χ1n) is 7.29. The summed E-state index contributed by atoms with van der Waals surface area (Å²) in [5, 5.41) is 5.68. The molecule has 0 unspecified atom stereocenters. The summed E-state index contributed by atoms with van der Waals surface area (Å²) in [6.07, 6.45) is 0. The normalized spacial score (nSPS) is 11.1. The van der Waals surface area contributed by atoms with Crippen molar-refractivity contribution >= 4 is 56.7 Å². The fourth-order valence-electron chi connectivity index (χ4n) is 2.68. The Bertz CT molecular complexity index is 1090. The number of fused-ring (bicyclic) bond motifs is 3. The molecule has 5 heteroatoms. The standard InChI is InChI=1S/C19H11Cl2NO2/c20-11-5-7-15(16(21)9-11)19(23)22-12-6-8-14-13-3-1-2-4-17(13)24-18(14)10-12/h1-10H,(H,22,23). The molecule has 118 valence electrons. The number of anilines is 1. The van der Waals surface area contributed by atoms with Gasteiger partial charge in [-0.3, -0.25) is 4.79 Å². The van der Waals surface area contributed by atoms with Gasteiger partial charge in [0, 0.05) is 27.5 Å². The van der Waals surface area contributed by atoms with E-state index in [1.165, 1.54) is 0 Å². The van der Waals surface area contributed by atoms with Gasteiger partial charge in [0.2, 0.25) is 0 Å². The maximum Gasteiger partial charge on any atom is 0.257 e. The maximum atomic E-state index is 12.4. The Morgan fingerprint density at radius 3 is 2.50 bits per heavy atom. The third-order valence-electron chi connectivity index (χ3n) is 3.81. The van der Waals surface area contributed by atoms with Crippen LogP contribution in [0.1, 0.15) is 10.4 Å². The van der Waals surface area contributed by atoms with Crippen molar-refractivity contribution in [3.05, 3.63) is 76.3 Å². The predicted molar refractivity (Wildman–Crippen MR) is 98.1 cm³/mol. The lowest BCUT2D eigenvalue weighted by atomic mass is 10.1. The van der Waals surface area contributed by atoms with Gasteiger partial charge in [0.15, 0.2) is 0 Å². The van der Waals surface area contributed by atoms with Crippen molar-refractivity contribution in [2.24, 2.45) is 0 Å². The Kier molecular flexibility index (Phi) is 3.68. The molecule has 0 aliphatic heterocycles. The van der Waals surface area contributed by atoms with Crippen LogP contribution in [-0.4, -0.2) is 5.91 Å². The minimum Gasteiger partial charge on any atom is -0.456 e. The molecule has 0 aliphatic carbocycles. The highest BCUT2D eigenvalue weighted by Crippen LogP contribution is 2.30. The zero-order valence-corrected chi connectivity index (χ0v) is 13.9. The second-order valence-electron chi connectivity index (χ2n) is 5.39. The van der Waals surface area contributed by atoms with Crippen LogP contribution in [0, 0.1) is 0 Å². The highest BCUT2D eigenvalue weighted by atomic mass is 35.5. The van der Waals surface area contributed by atoms with Gasteiger partial charge in [0.25, 0.3) is 5.91 Å². The van der Waals surface area contributed by atoms with Crippen LogP contribution in [0.3, 0.4) is 0 Å². The van der Waals surface area contributed by atoms with Crippen molar-refractivity contribution in [3.8, 4) is 0 Å². The Morgan fingerprint density at radius 1 is 0.875 bits per heavy atom. The molecule has 0 saturated carbocycles. The minimum absolute atomic E-state index is 0.299.